The first-order valence-corrected chi connectivity index (χ1v) is 10.2. The molecule has 0 bridgehead atoms. The van der Waals surface area contributed by atoms with Gasteiger partial charge >= 0.3 is 0 Å². The zero-order valence-corrected chi connectivity index (χ0v) is 16.3. The van der Waals surface area contributed by atoms with Gasteiger partial charge in [0, 0.05) is 32.7 Å². The molecule has 4 rings (SSSR count). The van der Waals surface area contributed by atoms with Crippen molar-refractivity contribution in [1.29, 1.82) is 0 Å². The molecule has 28 heavy (non-hydrogen) atoms. The average molecular weight is 398 g/mol. The molecule has 8 heteroatoms. The van der Waals surface area contributed by atoms with Gasteiger partial charge < -0.3 is 9.64 Å². The summed E-state index contributed by atoms with van der Waals surface area (Å²) in [5.41, 5.74) is -0.156. The molecule has 1 amide bonds. The Morgan fingerprint density at radius 1 is 1.11 bits per heavy atom. The Balaban J connectivity index is 1.25. The molecule has 3 aromatic rings. The number of nitrogens with zero attached hydrogens (tertiary/aromatic N) is 4. The van der Waals surface area contributed by atoms with Crippen LogP contribution in [0.2, 0.25) is 0 Å². The maximum Gasteiger partial charge on any atom is 0.262 e. The molecule has 7 nitrogen and oxygen atoms in total. The van der Waals surface area contributed by atoms with Crippen LogP contribution in [-0.4, -0.2) is 64.6 Å². The van der Waals surface area contributed by atoms with Gasteiger partial charge in [-0.25, -0.2) is 4.98 Å². The minimum absolute atomic E-state index is 0.0364. The summed E-state index contributed by atoms with van der Waals surface area (Å²) < 4.78 is 7.14. The van der Waals surface area contributed by atoms with Gasteiger partial charge in [-0.2, -0.15) is 0 Å². The lowest BCUT2D eigenvalue weighted by atomic mass is 10.3. The molecule has 0 unspecified atom stereocenters. The number of aromatic nitrogens is 2. The maximum absolute atomic E-state index is 12.6. The number of amides is 1. The van der Waals surface area contributed by atoms with Crippen molar-refractivity contribution in [3.63, 3.8) is 0 Å². The molecule has 3 heterocycles. The molecule has 0 radical (unpaired) electrons. The minimum Gasteiger partial charge on any atom is -0.492 e. The van der Waals surface area contributed by atoms with Gasteiger partial charge in [0.15, 0.2) is 0 Å². The largest absolute Gasteiger partial charge is 0.492 e. The molecule has 0 spiro atoms. The minimum atomic E-state index is -0.156. The van der Waals surface area contributed by atoms with Gasteiger partial charge in [0.2, 0.25) is 5.91 Å². The van der Waals surface area contributed by atoms with Crippen LogP contribution in [0.4, 0.5) is 0 Å². The Labute approximate surface area is 166 Å². The fraction of sp³-hybridized carbons (Fsp3) is 0.350. The van der Waals surface area contributed by atoms with E-state index >= 15 is 0 Å². The summed E-state index contributed by atoms with van der Waals surface area (Å²) in [5, 5.41) is 2.41. The fourth-order valence-corrected chi connectivity index (χ4v) is 4.01. The molecule has 1 aliphatic rings. The van der Waals surface area contributed by atoms with Crippen molar-refractivity contribution in [2.24, 2.45) is 0 Å². The Bertz CT molecular complexity index is 993. The van der Waals surface area contributed by atoms with E-state index in [1.165, 1.54) is 22.2 Å². The van der Waals surface area contributed by atoms with Gasteiger partial charge in [-0.05, 0) is 23.6 Å². The smallest absolute Gasteiger partial charge is 0.262 e. The molecule has 146 valence electrons. The highest BCUT2D eigenvalue weighted by molar-refractivity contribution is 7.16. The molecular formula is C20H22N4O3S. The van der Waals surface area contributed by atoms with E-state index in [1.807, 2.05) is 40.6 Å². The summed E-state index contributed by atoms with van der Waals surface area (Å²) in [6, 6.07) is 11.5. The van der Waals surface area contributed by atoms with Crippen LogP contribution in [0.25, 0.3) is 10.2 Å². The molecule has 2 aromatic heterocycles. The van der Waals surface area contributed by atoms with Crippen LogP contribution in [0.1, 0.15) is 0 Å². The second-order valence-electron chi connectivity index (χ2n) is 6.70. The summed E-state index contributed by atoms with van der Waals surface area (Å²) in [6.07, 6.45) is 1.47. The predicted molar refractivity (Wildman–Crippen MR) is 109 cm³/mol. The predicted octanol–water partition coefficient (Wildman–Crippen LogP) is 1.68. The quantitative estimate of drug-likeness (QED) is 0.632. The van der Waals surface area contributed by atoms with E-state index in [1.54, 1.807) is 6.07 Å². The number of fused-ring (bicyclic) bond motifs is 1. The van der Waals surface area contributed by atoms with Crippen LogP contribution in [-0.2, 0) is 11.3 Å². The third-order valence-corrected chi connectivity index (χ3v) is 5.72. The topological polar surface area (TPSA) is 67.7 Å². The Kier molecular flexibility index (Phi) is 5.68. The normalized spacial score (nSPS) is 15.1. The number of ether oxygens (including phenoxy) is 1. The zero-order valence-electron chi connectivity index (χ0n) is 15.5. The summed E-state index contributed by atoms with van der Waals surface area (Å²) in [4.78, 5) is 34.1. The molecule has 1 aliphatic heterocycles. The number of para-hydroxylation sites is 1. The fourth-order valence-electron chi connectivity index (χ4n) is 3.28. The van der Waals surface area contributed by atoms with Gasteiger partial charge in [0.1, 0.15) is 23.7 Å². The Morgan fingerprint density at radius 3 is 2.68 bits per heavy atom. The van der Waals surface area contributed by atoms with Crippen LogP contribution in [0.5, 0.6) is 5.75 Å². The highest BCUT2D eigenvalue weighted by Crippen LogP contribution is 2.13. The summed E-state index contributed by atoms with van der Waals surface area (Å²) in [6.45, 7) is 4.42. The van der Waals surface area contributed by atoms with Crippen molar-refractivity contribution in [3.05, 3.63) is 58.5 Å². The van der Waals surface area contributed by atoms with E-state index in [2.05, 4.69) is 9.88 Å². The Morgan fingerprint density at radius 2 is 1.89 bits per heavy atom. The van der Waals surface area contributed by atoms with Gasteiger partial charge in [0.25, 0.3) is 5.56 Å². The van der Waals surface area contributed by atoms with Crippen LogP contribution in [0.3, 0.4) is 0 Å². The maximum atomic E-state index is 12.6. The lowest BCUT2D eigenvalue weighted by Gasteiger charge is -2.34. The molecule has 1 fully saturated rings. The first-order chi connectivity index (χ1) is 13.7. The van der Waals surface area contributed by atoms with Gasteiger partial charge in [-0.1, -0.05) is 18.2 Å². The van der Waals surface area contributed by atoms with Crippen LogP contribution in [0.15, 0.2) is 52.9 Å². The number of carbonyl (C=O) groups is 1. The van der Waals surface area contributed by atoms with Crippen LogP contribution in [0, 0.1) is 0 Å². The van der Waals surface area contributed by atoms with E-state index in [0.29, 0.717) is 29.9 Å². The first kappa shape index (κ1) is 18.6. The molecule has 1 saturated heterocycles. The average Bonchev–Trinajstić information content (AvgIpc) is 3.21. The number of thiophene rings is 1. The van der Waals surface area contributed by atoms with E-state index in [-0.39, 0.29) is 18.0 Å². The second-order valence-corrected chi connectivity index (χ2v) is 7.60. The first-order valence-electron chi connectivity index (χ1n) is 9.31. The number of piperazine rings is 1. The van der Waals surface area contributed by atoms with E-state index < -0.39 is 0 Å². The number of carbonyl (C=O) groups excluding carboxylic acids is 1. The zero-order chi connectivity index (χ0) is 19.3. The Hall–Kier alpha value is -2.71. The third kappa shape index (κ3) is 4.23. The van der Waals surface area contributed by atoms with Crippen LogP contribution >= 0.6 is 11.3 Å². The number of hydrogen-bond donors (Lipinski definition) is 0. The van der Waals surface area contributed by atoms with Crippen molar-refractivity contribution in [2.75, 3.05) is 39.3 Å². The van der Waals surface area contributed by atoms with Crippen molar-refractivity contribution in [3.8, 4) is 5.75 Å². The molecule has 0 aliphatic carbocycles. The van der Waals surface area contributed by atoms with Crippen LogP contribution < -0.4 is 10.3 Å². The van der Waals surface area contributed by atoms with Gasteiger partial charge in [-0.15, -0.1) is 11.3 Å². The van der Waals surface area contributed by atoms with Crippen molar-refractivity contribution in [1.82, 2.24) is 19.4 Å². The van der Waals surface area contributed by atoms with E-state index in [4.69, 9.17) is 4.74 Å². The van der Waals surface area contributed by atoms with E-state index in [9.17, 15) is 9.59 Å². The van der Waals surface area contributed by atoms with Crippen molar-refractivity contribution < 1.29 is 9.53 Å². The lowest BCUT2D eigenvalue weighted by Crippen LogP contribution is -2.50. The van der Waals surface area contributed by atoms with Crippen molar-refractivity contribution in [2.45, 2.75) is 6.54 Å². The lowest BCUT2D eigenvalue weighted by molar-refractivity contribution is -0.133. The third-order valence-electron chi connectivity index (χ3n) is 4.90. The summed E-state index contributed by atoms with van der Waals surface area (Å²) in [7, 11) is 0. The molecule has 0 atom stereocenters. The molecular weight excluding hydrogens is 376 g/mol. The monoisotopic (exact) mass is 398 g/mol. The molecule has 0 saturated carbocycles. The van der Waals surface area contributed by atoms with Gasteiger partial charge in [-0.3, -0.25) is 19.1 Å². The molecule has 1 aromatic carbocycles. The summed E-state index contributed by atoms with van der Waals surface area (Å²) in [5.74, 6) is 0.830. The number of hydrogen-bond acceptors (Lipinski definition) is 6. The SMILES string of the molecule is O=C(Cn1cnc2sccc2c1=O)N1CCN(CCOc2ccccc2)CC1. The molecule has 0 N–H and O–H groups in total. The summed E-state index contributed by atoms with van der Waals surface area (Å²) >= 11 is 1.43. The second kappa shape index (κ2) is 8.53. The number of benzene rings is 1. The highest BCUT2D eigenvalue weighted by atomic mass is 32.1. The standard InChI is InChI=1S/C20H22N4O3S/c25-18(14-24-15-21-19-17(20(24)26)6-13-28-19)23-9-7-22(8-10-23)11-12-27-16-4-2-1-3-5-16/h1-6,13,15H,7-12,14H2. The highest BCUT2D eigenvalue weighted by Gasteiger charge is 2.21. The van der Waals surface area contributed by atoms with Gasteiger partial charge in [0.05, 0.1) is 11.7 Å². The number of rotatable bonds is 6. The van der Waals surface area contributed by atoms with E-state index in [0.717, 1.165) is 25.4 Å². The van der Waals surface area contributed by atoms with Crippen molar-refractivity contribution >= 4 is 27.5 Å².